The van der Waals surface area contributed by atoms with Crippen molar-refractivity contribution in [2.45, 2.75) is 164 Å². The normalized spacial score (nSPS) is 16.9. The summed E-state index contributed by atoms with van der Waals surface area (Å²) in [4.78, 5) is 0. The molecule has 0 radical (unpaired) electrons. The van der Waals surface area contributed by atoms with Crippen LogP contribution >= 0.6 is 0 Å². The van der Waals surface area contributed by atoms with Gasteiger partial charge in [0.2, 0.25) is 0 Å². The molecule has 0 aromatic carbocycles. The minimum absolute atomic E-state index is 0.243. The fourth-order valence-corrected chi connectivity index (χ4v) is 4.22. The number of hydrogen-bond acceptors (Lipinski definition) is 2. The molecular formula is C30H58O2. The second kappa shape index (κ2) is 18.8. The van der Waals surface area contributed by atoms with Gasteiger partial charge in [-0.25, -0.2) is 0 Å². The molecule has 2 heteroatoms. The molecule has 0 aliphatic rings. The predicted molar refractivity (Wildman–Crippen MR) is 143 cm³/mol. The second-order valence-corrected chi connectivity index (χ2v) is 10.7. The van der Waals surface area contributed by atoms with Crippen LogP contribution in [0, 0.1) is 5.92 Å². The van der Waals surface area contributed by atoms with Gasteiger partial charge >= 0.3 is 0 Å². The van der Waals surface area contributed by atoms with E-state index in [-0.39, 0.29) is 12.2 Å². The zero-order chi connectivity index (χ0) is 24.4. The maximum atomic E-state index is 6.48. The maximum absolute atomic E-state index is 6.48. The highest BCUT2D eigenvalue weighted by molar-refractivity contribution is 5.04. The Kier molecular flexibility index (Phi) is 18.4. The van der Waals surface area contributed by atoms with Gasteiger partial charge < -0.3 is 9.47 Å². The fraction of sp³-hybridized carbons (Fsp3) is 0.867. The lowest BCUT2D eigenvalue weighted by Crippen LogP contribution is -2.38. The zero-order valence-electron chi connectivity index (χ0n) is 23.4. The Balaban J connectivity index is 4.66. The SMILES string of the molecule is CCCCC(C)OC(C)(CC/C=C(\C)CC/C=C(\C)CCCC(C)C)OC(C)CCCC. The molecule has 0 aliphatic carbocycles. The van der Waals surface area contributed by atoms with E-state index >= 15 is 0 Å². The Morgan fingerprint density at radius 1 is 0.719 bits per heavy atom. The Hall–Kier alpha value is -0.600. The van der Waals surface area contributed by atoms with Crippen molar-refractivity contribution < 1.29 is 9.47 Å². The minimum Gasteiger partial charge on any atom is -0.347 e. The summed E-state index contributed by atoms with van der Waals surface area (Å²) in [6.07, 6.45) is 20.5. The monoisotopic (exact) mass is 450 g/mol. The Bertz CT molecular complexity index is 487. The lowest BCUT2D eigenvalue weighted by Gasteiger charge is -2.35. The van der Waals surface area contributed by atoms with Gasteiger partial charge in [0.15, 0.2) is 5.79 Å². The standard InChI is InChI=1S/C30H58O2/c1-10-12-22-28(7)31-30(9,32-29(8)23-13-11-2)24-16-21-27(6)20-15-19-26(5)18-14-17-25(3)4/h19,21,25,28-29H,10-18,20,22-24H2,1-9H3/b26-19+,27-21+. The summed E-state index contributed by atoms with van der Waals surface area (Å²) in [7, 11) is 0. The smallest absolute Gasteiger partial charge is 0.166 e. The molecule has 2 atom stereocenters. The van der Waals surface area contributed by atoms with Crippen LogP contribution in [-0.4, -0.2) is 18.0 Å². The van der Waals surface area contributed by atoms with Crippen molar-refractivity contribution in [2.75, 3.05) is 0 Å². The van der Waals surface area contributed by atoms with Gasteiger partial charge in [-0.05, 0) is 85.5 Å². The molecule has 0 rings (SSSR count). The molecule has 0 saturated heterocycles. The largest absolute Gasteiger partial charge is 0.347 e. The third-order valence-electron chi connectivity index (χ3n) is 6.30. The van der Waals surface area contributed by atoms with Crippen LogP contribution in [0.4, 0.5) is 0 Å². The molecule has 0 bridgehead atoms. The molecule has 0 aliphatic heterocycles. The number of ether oxygens (including phenoxy) is 2. The van der Waals surface area contributed by atoms with Gasteiger partial charge in [0.25, 0.3) is 0 Å². The van der Waals surface area contributed by atoms with E-state index in [0.717, 1.165) is 44.4 Å². The van der Waals surface area contributed by atoms with E-state index in [2.05, 4.69) is 74.5 Å². The Morgan fingerprint density at radius 3 is 1.72 bits per heavy atom. The molecule has 0 N–H and O–H groups in total. The number of rotatable bonds is 20. The van der Waals surface area contributed by atoms with Gasteiger partial charge in [0.05, 0.1) is 12.2 Å². The summed E-state index contributed by atoms with van der Waals surface area (Å²) in [5, 5.41) is 0. The van der Waals surface area contributed by atoms with E-state index in [4.69, 9.17) is 9.47 Å². The van der Waals surface area contributed by atoms with Gasteiger partial charge in [-0.15, -0.1) is 0 Å². The first-order valence-electron chi connectivity index (χ1n) is 13.8. The molecule has 190 valence electrons. The first-order valence-corrected chi connectivity index (χ1v) is 13.8. The van der Waals surface area contributed by atoms with Crippen molar-refractivity contribution in [1.29, 1.82) is 0 Å². The van der Waals surface area contributed by atoms with Crippen molar-refractivity contribution in [1.82, 2.24) is 0 Å². The van der Waals surface area contributed by atoms with Crippen LogP contribution in [0.15, 0.2) is 23.3 Å². The molecule has 0 saturated carbocycles. The second-order valence-electron chi connectivity index (χ2n) is 10.7. The van der Waals surface area contributed by atoms with E-state index in [9.17, 15) is 0 Å². The summed E-state index contributed by atoms with van der Waals surface area (Å²) < 4.78 is 13.0. The Morgan fingerprint density at radius 2 is 1.22 bits per heavy atom. The summed E-state index contributed by atoms with van der Waals surface area (Å²) >= 11 is 0. The first-order chi connectivity index (χ1) is 15.1. The highest BCUT2D eigenvalue weighted by Gasteiger charge is 2.29. The highest BCUT2D eigenvalue weighted by atomic mass is 16.7. The van der Waals surface area contributed by atoms with E-state index < -0.39 is 5.79 Å². The summed E-state index contributed by atoms with van der Waals surface area (Å²) in [6, 6.07) is 0. The van der Waals surface area contributed by atoms with Crippen LogP contribution in [-0.2, 0) is 9.47 Å². The number of hydrogen-bond donors (Lipinski definition) is 0. The molecule has 32 heavy (non-hydrogen) atoms. The summed E-state index contributed by atoms with van der Waals surface area (Å²) in [6.45, 7) is 20.2. The maximum Gasteiger partial charge on any atom is 0.166 e. The lowest BCUT2D eigenvalue weighted by molar-refractivity contribution is -0.267. The molecule has 2 unspecified atom stereocenters. The lowest BCUT2D eigenvalue weighted by atomic mass is 10.0. The molecule has 0 spiro atoms. The molecule has 2 nitrogen and oxygen atoms in total. The van der Waals surface area contributed by atoms with Crippen molar-refractivity contribution in [3.05, 3.63) is 23.3 Å². The van der Waals surface area contributed by atoms with Gasteiger partial charge in [-0.2, -0.15) is 0 Å². The van der Waals surface area contributed by atoms with Gasteiger partial charge in [0.1, 0.15) is 0 Å². The van der Waals surface area contributed by atoms with Crippen LogP contribution in [0.25, 0.3) is 0 Å². The molecule has 0 aromatic heterocycles. The molecule has 0 fully saturated rings. The molecule has 0 amide bonds. The Labute approximate surface area is 202 Å². The van der Waals surface area contributed by atoms with E-state index in [1.807, 2.05) is 0 Å². The first kappa shape index (κ1) is 31.4. The average molecular weight is 451 g/mol. The average Bonchev–Trinajstić information content (AvgIpc) is 2.70. The van der Waals surface area contributed by atoms with E-state index in [1.165, 1.54) is 50.5 Å². The van der Waals surface area contributed by atoms with Crippen LogP contribution in [0.1, 0.15) is 146 Å². The number of allylic oxidation sites excluding steroid dienone is 4. The van der Waals surface area contributed by atoms with Gasteiger partial charge in [0, 0.05) is 6.42 Å². The van der Waals surface area contributed by atoms with E-state index in [0.29, 0.717) is 0 Å². The van der Waals surface area contributed by atoms with Crippen LogP contribution in [0.5, 0.6) is 0 Å². The van der Waals surface area contributed by atoms with Gasteiger partial charge in [-0.3, -0.25) is 0 Å². The van der Waals surface area contributed by atoms with Crippen molar-refractivity contribution in [3.8, 4) is 0 Å². The van der Waals surface area contributed by atoms with Crippen LogP contribution in [0.3, 0.4) is 0 Å². The third kappa shape index (κ3) is 17.9. The third-order valence-corrected chi connectivity index (χ3v) is 6.30. The van der Waals surface area contributed by atoms with Crippen molar-refractivity contribution in [2.24, 2.45) is 5.92 Å². The van der Waals surface area contributed by atoms with E-state index in [1.54, 1.807) is 5.57 Å². The minimum atomic E-state index is -0.496. The topological polar surface area (TPSA) is 18.5 Å². The fourth-order valence-electron chi connectivity index (χ4n) is 4.22. The zero-order valence-corrected chi connectivity index (χ0v) is 23.4. The molecular weight excluding hydrogens is 392 g/mol. The molecule has 0 heterocycles. The quantitative estimate of drug-likeness (QED) is 0.136. The predicted octanol–water partition coefficient (Wildman–Crippen LogP) is 10.2. The molecule has 0 aromatic rings. The van der Waals surface area contributed by atoms with Crippen molar-refractivity contribution in [3.63, 3.8) is 0 Å². The summed E-state index contributed by atoms with van der Waals surface area (Å²) in [5.74, 6) is 0.320. The van der Waals surface area contributed by atoms with Crippen LogP contribution in [0.2, 0.25) is 0 Å². The van der Waals surface area contributed by atoms with Crippen LogP contribution < -0.4 is 0 Å². The van der Waals surface area contributed by atoms with Crippen molar-refractivity contribution >= 4 is 0 Å². The summed E-state index contributed by atoms with van der Waals surface area (Å²) in [5.41, 5.74) is 3.03. The van der Waals surface area contributed by atoms with Gasteiger partial charge in [-0.1, -0.05) is 83.1 Å². The highest BCUT2D eigenvalue weighted by Crippen LogP contribution is 2.27. The number of unbranched alkanes of at least 4 members (excludes halogenated alkanes) is 2.